The molecule has 0 aromatic heterocycles. The summed E-state index contributed by atoms with van der Waals surface area (Å²) in [4.78, 5) is 13.1. The summed E-state index contributed by atoms with van der Waals surface area (Å²) in [5.41, 5.74) is 0. The summed E-state index contributed by atoms with van der Waals surface area (Å²) in [7, 11) is 0. The maximum Gasteiger partial charge on any atom is 0.249 e. The van der Waals surface area contributed by atoms with Crippen molar-refractivity contribution in [2.24, 2.45) is 0 Å². The van der Waals surface area contributed by atoms with E-state index in [0.29, 0.717) is 19.3 Å². The molecule has 1 rings (SSSR count). The number of hydrogen-bond acceptors (Lipinski definition) is 9. The molecule has 1 heterocycles. The van der Waals surface area contributed by atoms with E-state index >= 15 is 0 Å². The summed E-state index contributed by atoms with van der Waals surface area (Å²) >= 11 is 0. The third kappa shape index (κ3) is 32.7. The molecule has 370 valence electrons. The number of allylic oxidation sites excluding steroid dienone is 5. The topological polar surface area (TPSA) is 169 Å². The van der Waals surface area contributed by atoms with Gasteiger partial charge in [-0.15, -0.1) is 0 Å². The van der Waals surface area contributed by atoms with Crippen molar-refractivity contribution in [1.82, 2.24) is 5.32 Å². The summed E-state index contributed by atoms with van der Waals surface area (Å²) in [5.74, 6) is -0.629. The first-order valence-corrected chi connectivity index (χ1v) is 26.3. The molecule has 1 saturated heterocycles. The number of ether oxygens (including phenoxy) is 2. The lowest BCUT2D eigenvalue weighted by molar-refractivity contribution is -0.302. The molecule has 10 nitrogen and oxygen atoms in total. The number of amides is 1. The molecular formula is C53H99NO9. The smallest absolute Gasteiger partial charge is 0.249 e. The second kappa shape index (κ2) is 43.0. The number of carbonyl (C=O) groups is 1. The summed E-state index contributed by atoms with van der Waals surface area (Å²) in [5, 5.41) is 64.8. The third-order valence-corrected chi connectivity index (χ3v) is 12.5. The van der Waals surface area contributed by atoms with Crippen LogP contribution in [0.2, 0.25) is 0 Å². The summed E-state index contributed by atoms with van der Waals surface area (Å²) in [6, 6.07) is -0.998. The first-order chi connectivity index (χ1) is 30.8. The van der Waals surface area contributed by atoms with Crippen molar-refractivity contribution in [3.05, 3.63) is 36.5 Å². The highest BCUT2D eigenvalue weighted by Gasteiger charge is 2.44. The Hall–Kier alpha value is -1.63. The lowest BCUT2D eigenvalue weighted by Crippen LogP contribution is -2.60. The zero-order chi connectivity index (χ0) is 46.0. The van der Waals surface area contributed by atoms with Crippen molar-refractivity contribution in [3.63, 3.8) is 0 Å². The molecule has 63 heavy (non-hydrogen) atoms. The minimum absolute atomic E-state index is 0.299. The van der Waals surface area contributed by atoms with Crippen LogP contribution in [0.25, 0.3) is 0 Å². The highest BCUT2D eigenvalue weighted by Crippen LogP contribution is 2.23. The van der Waals surface area contributed by atoms with Crippen molar-refractivity contribution < 1.29 is 44.9 Å². The van der Waals surface area contributed by atoms with Crippen LogP contribution in [-0.2, 0) is 14.3 Å². The molecule has 0 radical (unpaired) electrons. The number of aliphatic hydroxyl groups is 6. The number of hydrogen-bond donors (Lipinski definition) is 7. The fraction of sp³-hybridized carbons (Fsp3) is 0.868. The van der Waals surface area contributed by atoms with E-state index in [1.165, 1.54) is 161 Å². The first-order valence-electron chi connectivity index (χ1n) is 26.3. The molecule has 0 bridgehead atoms. The van der Waals surface area contributed by atoms with E-state index in [4.69, 9.17) is 9.47 Å². The fourth-order valence-corrected chi connectivity index (χ4v) is 8.23. The van der Waals surface area contributed by atoms with Gasteiger partial charge >= 0.3 is 0 Å². The van der Waals surface area contributed by atoms with Crippen LogP contribution in [0.4, 0.5) is 0 Å². The van der Waals surface area contributed by atoms with Gasteiger partial charge in [-0.2, -0.15) is 0 Å². The normalized spacial score (nSPS) is 20.9. The Labute approximate surface area is 385 Å². The van der Waals surface area contributed by atoms with Crippen molar-refractivity contribution in [1.29, 1.82) is 0 Å². The molecule has 1 aliphatic heterocycles. The quantitative estimate of drug-likeness (QED) is 0.0232. The van der Waals surface area contributed by atoms with E-state index in [2.05, 4.69) is 43.5 Å². The van der Waals surface area contributed by atoms with E-state index in [-0.39, 0.29) is 6.61 Å². The van der Waals surface area contributed by atoms with Crippen LogP contribution >= 0.6 is 0 Å². The molecule has 8 unspecified atom stereocenters. The zero-order valence-electron chi connectivity index (χ0n) is 40.4. The van der Waals surface area contributed by atoms with Gasteiger partial charge in [0.05, 0.1) is 25.4 Å². The van der Waals surface area contributed by atoms with Crippen LogP contribution in [0.3, 0.4) is 0 Å². The molecule has 0 aromatic rings. The Kier molecular flexibility index (Phi) is 40.5. The van der Waals surface area contributed by atoms with Gasteiger partial charge < -0.3 is 45.4 Å². The molecule has 1 aliphatic rings. The number of unbranched alkanes of at least 4 members (excludes halogenated alkanes) is 29. The molecule has 0 aromatic carbocycles. The predicted molar refractivity (Wildman–Crippen MR) is 259 cm³/mol. The molecule has 1 amide bonds. The van der Waals surface area contributed by atoms with Gasteiger partial charge in [0.1, 0.15) is 30.5 Å². The number of aliphatic hydroxyl groups excluding tert-OH is 6. The van der Waals surface area contributed by atoms with Gasteiger partial charge in [-0.25, -0.2) is 0 Å². The zero-order valence-corrected chi connectivity index (χ0v) is 40.4. The summed E-state index contributed by atoms with van der Waals surface area (Å²) < 4.78 is 11.1. The van der Waals surface area contributed by atoms with E-state index < -0.39 is 61.5 Å². The van der Waals surface area contributed by atoms with Crippen LogP contribution < -0.4 is 5.32 Å². The average molecular weight is 894 g/mol. The second-order valence-corrected chi connectivity index (χ2v) is 18.4. The standard InChI is InChI=1S/C53H99NO9/c1-3-5-7-9-11-13-15-17-19-20-21-22-23-24-25-26-28-30-32-34-36-38-40-42-47(57)52(61)54-45(44-62-53-51(60)50(59)49(58)48(43-55)63-53)46(56)41-39-37-35-33-31-29-27-18-16-14-12-10-8-6-4-2/h24-25,31,33,39,41,45-51,53,55-60H,3-23,26-30,32,34-38,40,42-44H2,1-2H3,(H,54,61)/b25-24-,33-31+,41-39+. The Bertz CT molecular complexity index is 1100. The van der Waals surface area contributed by atoms with E-state index in [1.54, 1.807) is 6.08 Å². The van der Waals surface area contributed by atoms with E-state index in [0.717, 1.165) is 38.5 Å². The SMILES string of the molecule is CCCCCCCCCCC/C=C/CC/C=C/C(O)C(COC1OC(CO)C(O)C(O)C1O)NC(=O)C(O)CCCCCCCCC/C=C\CCCCCCCCCCCCCC. The monoisotopic (exact) mass is 894 g/mol. The first kappa shape index (κ1) is 59.4. The highest BCUT2D eigenvalue weighted by atomic mass is 16.7. The molecule has 0 aliphatic carbocycles. The molecule has 10 heteroatoms. The molecule has 0 spiro atoms. The second-order valence-electron chi connectivity index (χ2n) is 18.4. The van der Waals surface area contributed by atoms with Gasteiger partial charge in [0.25, 0.3) is 0 Å². The van der Waals surface area contributed by atoms with Gasteiger partial charge in [-0.3, -0.25) is 4.79 Å². The maximum absolute atomic E-state index is 13.1. The highest BCUT2D eigenvalue weighted by molar-refractivity contribution is 5.80. The number of nitrogens with one attached hydrogen (secondary N) is 1. The van der Waals surface area contributed by atoms with Gasteiger partial charge in [0.15, 0.2) is 6.29 Å². The van der Waals surface area contributed by atoms with Crippen LogP contribution in [-0.4, -0.2) is 98.7 Å². The molecule has 0 saturated carbocycles. The van der Waals surface area contributed by atoms with Gasteiger partial charge in [-0.05, 0) is 57.8 Å². The molecule has 7 N–H and O–H groups in total. The van der Waals surface area contributed by atoms with Crippen molar-refractivity contribution in [2.75, 3.05) is 13.2 Å². The molecule has 8 atom stereocenters. The van der Waals surface area contributed by atoms with Crippen molar-refractivity contribution >= 4 is 5.91 Å². The Morgan fingerprint density at radius 3 is 1.38 bits per heavy atom. The largest absolute Gasteiger partial charge is 0.394 e. The minimum Gasteiger partial charge on any atom is -0.394 e. The average Bonchev–Trinajstić information content (AvgIpc) is 3.28. The van der Waals surface area contributed by atoms with E-state index in [1.807, 2.05) is 6.08 Å². The Morgan fingerprint density at radius 2 is 0.937 bits per heavy atom. The summed E-state index contributed by atoms with van der Waals surface area (Å²) in [6.07, 6.45) is 43.8. The van der Waals surface area contributed by atoms with Gasteiger partial charge in [0.2, 0.25) is 5.91 Å². The van der Waals surface area contributed by atoms with E-state index in [9.17, 15) is 35.4 Å². The van der Waals surface area contributed by atoms with Gasteiger partial charge in [-0.1, -0.05) is 211 Å². The Morgan fingerprint density at radius 1 is 0.540 bits per heavy atom. The fourth-order valence-electron chi connectivity index (χ4n) is 8.23. The van der Waals surface area contributed by atoms with Gasteiger partial charge in [0, 0.05) is 0 Å². The summed E-state index contributed by atoms with van der Waals surface area (Å²) in [6.45, 7) is 3.60. The van der Waals surface area contributed by atoms with Crippen molar-refractivity contribution in [2.45, 2.75) is 281 Å². The van der Waals surface area contributed by atoms with Crippen LogP contribution in [0.1, 0.15) is 232 Å². The number of carbonyl (C=O) groups excluding carboxylic acids is 1. The van der Waals surface area contributed by atoms with Crippen LogP contribution in [0.15, 0.2) is 36.5 Å². The predicted octanol–water partition coefficient (Wildman–Crippen LogP) is 11.0. The third-order valence-electron chi connectivity index (χ3n) is 12.5. The minimum atomic E-state index is -1.62. The maximum atomic E-state index is 13.1. The lowest BCUT2D eigenvalue weighted by atomic mass is 9.99. The number of rotatable bonds is 44. The molecular weight excluding hydrogens is 795 g/mol. The van der Waals surface area contributed by atoms with Crippen molar-refractivity contribution in [3.8, 4) is 0 Å². The van der Waals surface area contributed by atoms with Crippen LogP contribution in [0.5, 0.6) is 0 Å². The Balaban J connectivity index is 2.33. The van der Waals surface area contributed by atoms with Crippen LogP contribution in [0, 0.1) is 0 Å². The molecule has 1 fully saturated rings. The lowest BCUT2D eigenvalue weighted by Gasteiger charge is -2.40.